The van der Waals surface area contributed by atoms with Crippen molar-refractivity contribution in [2.24, 2.45) is 7.05 Å². The van der Waals surface area contributed by atoms with Gasteiger partial charge in [0.15, 0.2) is 0 Å². The first-order valence-corrected chi connectivity index (χ1v) is 19.4. The van der Waals surface area contributed by atoms with Crippen LogP contribution in [-0.4, -0.2) is 54.0 Å². The third-order valence-corrected chi connectivity index (χ3v) is 12.0. The molecule has 10 nitrogen and oxygen atoms in total. The molecule has 56 heavy (non-hydrogen) atoms. The van der Waals surface area contributed by atoms with Crippen molar-refractivity contribution >= 4 is 62.6 Å². The summed E-state index contributed by atoms with van der Waals surface area (Å²) in [5.41, 5.74) is 10.2. The van der Waals surface area contributed by atoms with E-state index in [0.29, 0.717) is 53.3 Å². The van der Waals surface area contributed by atoms with Crippen LogP contribution in [0.5, 0.6) is 5.75 Å². The van der Waals surface area contributed by atoms with Crippen molar-refractivity contribution in [3.05, 3.63) is 128 Å². The molecule has 0 fully saturated rings. The fourth-order valence-corrected chi connectivity index (χ4v) is 8.80. The largest absolute Gasteiger partial charge is 0.494 e. The number of rotatable bonds is 10. The number of carbonyl (C=O) groups excluding carboxylic acids is 1. The molecule has 1 N–H and O–H groups in total. The molecule has 286 valence electrons. The second-order valence-electron chi connectivity index (χ2n) is 14.7. The predicted molar refractivity (Wildman–Crippen MR) is 222 cm³/mol. The average Bonchev–Trinajstić information content (AvgIpc) is 3.79. The normalized spacial score (nSPS) is 14.2. The number of halogens is 2. The van der Waals surface area contributed by atoms with E-state index >= 15 is 4.79 Å². The van der Waals surface area contributed by atoms with Gasteiger partial charge < -0.3 is 23.9 Å². The zero-order valence-corrected chi connectivity index (χ0v) is 33.7. The van der Waals surface area contributed by atoms with E-state index in [0.717, 1.165) is 66.6 Å². The smallest absolute Gasteiger partial charge is 0.352 e. The molecule has 1 aliphatic heterocycles. The quantitative estimate of drug-likeness (QED) is 0.138. The number of ether oxygens (including phenoxy) is 1. The molecule has 5 heterocycles. The van der Waals surface area contributed by atoms with Gasteiger partial charge in [0.05, 0.1) is 46.3 Å². The van der Waals surface area contributed by atoms with Crippen molar-refractivity contribution in [3.8, 4) is 16.9 Å². The molecule has 0 spiro atoms. The zero-order chi connectivity index (χ0) is 39.6. The number of pyridine rings is 1. The first-order chi connectivity index (χ1) is 26.8. The number of carbonyl (C=O) groups is 2. The molecular weight excluding hydrogens is 747 g/mol. The fourth-order valence-electron chi connectivity index (χ4n) is 8.44. The number of nitrogens with zero attached hydrogens (tertiary/aromatic N) is 6. The van der Waals surface area contributed by atoms with Crippen molar-refractivity contribution in [1.82, 2.24) is 23.9 Å². The van der Waals surface area contributed by atoms with Gasteiger partial charge in [-0.05, 0) is 113 Å². The van der Waals surface area contributed by atoms with Crippen LogP contribution in [-0.2, 0) is 20.0 Å². The predicted octanol–water partition coefficient (Wildman–Crippen LogP) is 9.91. The Bertz CT molecular complexity index is 2690. The Morgan fingerprint density at radius 2 is 1.73 bits per heavy atom. The SMILES string of the molecule is Cc1cc(OCCCc2c3n(c4c(-c5c(C)nn(C)c5C)c(Cl)ccc24)[C@H](C)CN(c2cccc4c2cc(C(=O)O)n4Cc2ccccn2)C3=O)cc(C)c1Cl. The lowest BCUT2D eigenvalue weighted by molar-refractivity contribution is 0.0686. The summed E-state index contributed by atoms with van der Waals surface area (Å²) in [7, 11) is 1.92. The first kappa shape index (κ1) is 37.3. The van der Waals surface area contributed by atoms with Crippen LogP contribution in [0.1, 0.15) is 74.1 Å². The number of hydrogen-bond acceptors (Lipinski definition) is 5. The topological polar surface area (TPSA) is 107 Å². The summed E-state index contributed by atoms with van der Waals surface area (Å²) in [6.07, 6.45) is 2.90. The lowest BCUT2D eigenvalue weighted by Gasteiger charge is -2.34. The fraction of sp³-hybridized carbons (Fsp3) is 0.273. The van der Waals surface area contributed by atoms with Crippen LogP contribution < -0.4 is 9.64 Å². The number of amides is 1. The van der Waals surface area contributed by atoms with Crippen LogP contribution in [0.2, 0.25) is 10.0 Å². The molecule has 1 amide bonds. The third kappa shape index (κ3) is 6.21. The highest BCUT2D eigenvalue weighted by Gasteiger charge is 2.37. The minimum absolute atomic E-state index is 0.123. The summed E-state index contributed by atoms with van der Waals surface area (Å²) < 4.78 is 12.0. The molecule has 1 aliphatic rings. The molecule has 0 unspecified atom stereocenters. The van der Waals surface area contributed by atoms with E-state index in [-0.39, 0.29) is 24.2 Å². The number of fused-ring (bicyclic) bond motifs is 4. The van der Waals surface area contributed by atoms with Crippen molar-refractivity contribution < 1.29 is 19.4 Å². The Labute approximate surface area is 334 Å². The minimum atomic E-state index is -1.06. The highest BCUT2D eigenvalue weighted by molar-refractivity contribution is 6.35. The van der Waals surface area contributed by atoms with E-state index in [4.69, 9.17) is 33.0 Å². The van der Waals surface area contributed by atoms with Gasteiger partial charge in [-0.1, -0.05) is 41.4 Å². The van der Waals surface area contributed by atoms with Crippen LogP contribution in [0.15, 0.2) is 72.9 Å². The maximum atomic E-state index is 15.2. The molecule has 0 aliphatic carbocycles. The monoisotopic (exact) mass is 788 g/mol. The Balaban J connectivity index is 1.26. The molecule has 7 aromatic rings. The van der Waals surface area contributed by atoms with E-state index in [1.54, 1.807) is 21.7 Å². The molecule has 8 rings (SSSR count). The number of aromatic nitrogens is 5. The Kier molecular flexibility index (Phi) is 9.66. The maximum Gasteiger partial charge on any atom is 0.352 e. The Hall–Kier alpha value is -5.58. The van der Waals surface area contributed by atoms with Gasteiger partial charge in [0.2, 0.25) is 0 Å². The van der Waals surface area contributed by atoms with E-state index in [9.17, 15) is 9.90 Å². The standard InChI is InChI=1S/C44H42Cl2N6O4/c1-24-19-30(20-25(2)40(24)46)56-18-10-12-31-32-15-16-34(45)39(38-27(4)48-49(6)28(38)5)41(32)52-26(3)22-51(43(53)42(31)52)36-14-9-13-35-33(36)21-37(44(54)55)50(35)23-29-11-7-8-17-47-29/h7-9,11,13-17,19-21,26H,10,12,18,22-23H2,1-6H3,(H,54,55)/t26-/m1/s1. The van der Waals surface area contributed by atoms with E-state index < -0.39 is 5.97 Å². The number of benzene rings is 3. The molecule has 0 bridgehead atoms. The van der Waals surface area contributed by atoms with Gasteiger partial charge in [0, 0.05) is 58.4 Å². The number of hydrogen-bond donors (Lipinski definition) is 1. The molecule has 4 aromatic heterocycles. The van der Waals surface area contributed by atoms with Crippen molar-refractivity contribution in [1.29, 1.82) is 0 Å². The second-order valence-corrected chi connectivity index (χ2v) is 15.5. The minimum Gasteiger partial charge on any atom is -0.494 e. The van der Waals surface area contributed by atoms with Crippen LogP contribution in [0, 0.1) is 27.7 Å². The lowest BCUT2D eigenvalue weighted by atomic mass is 9.98. The van der Waals surface area contributed by atoms with Crippen molar-refractivity contribution in [2.75, 3.05) is 18.1 Å². The summed E-state index contributed by atoms with van der Waals surface area (Å²) in [4.78, 5) is 34.1. The van der Waals surface area contributed by atoms with Crippen LogP contribution in [0.4, 0.5) is 5.69 Å². The first-order valence-electron chi connectivity index (χ1n) is 18.7. The number of aryl methyl sites for hydroxylation is 5. The van der Waals surface area contributed by atoms with E-state index in [1.807, 2.05) is 100 Å². The Morgan fingerprint density at radius 1 is 0.964 bits per heavy atom. The molecule has 0 saturated carbocycles. The van der Waals surface area contributed by atoms with Gasteiger partial charge in [-0.3, -0.25) is 14.5 Å². The van der Waals surface area contributed by atoms with Crippen LogP contribution >= 0.6 is 23.2 Å². The molecular formula is C44H42Cl2N6O4. The van der Waals surface area contributed by atoms with E-state index in [1.165, 1.54) is 0 Å². The third-order valence-electron chi connectivity index (χ3n) is 11.0. The molecule has 12 heteroatoms. The van der Waals surface area contributed by atoms with Gasteiger partial charge in [0.1, 0.15) is 17.1 Å². The number of anilines is 1. The number of carboxylic acid groups (broad SMARTS) is 1. The summed E-state index contributed by atoms with van der Waals surface area (Å²) in [6, 6.07) is 20.6. The van der Waals surface area contributed by atoms with Gasteiger partial charge in [-0.15, -0.1) is 0 Å². The molecule has 0 radical (unpaired) electrons. The van der Waals surface area contributed by atoms with Crippen molar-refractivity contribution in [2.45, 2.75) is 60.0 Å². The highest BCUT2D eigenvalue weighted by Crippen LogP contribution is 2.46. The van der Waals surface area contributed by atoms with Crippen molar-refractivity contribution in [3.63, 3.8) is 0 Å². The summed E-state index contributed by atoms with van der Waals surface area (Å²) in [5.74, 6) is -0.465. The second kappa shape index (κ2) is 14.5. The maximum absolute atomic E-state index is 15.2. The van der Waals surface area contributed by atoms with Crippen LogP contribution in [0.3, 0.4) is 0 Å². The van der Waals surface area contributed by atoms with Gasteiger partial charge >= 0.3 is 5.97 Å². The summed E-state index contributed by atoms with van der Waals surface area (Å²) in [5, 5.41) is 18.0. The highest BCUT2D eigenvalue weighted by atomic mass is 35.5. The lowest BCUT2D eigenvalue weighted by Crippen LogP contribution is -2.42. The van der Waals surface area contributed by atoms with Gasteiger partial charge in [-0.25, -0.2) is 4.79 Å². The molecule has 3 aromatic carbocycles. The summed E-state index contributed by atoms with van der Waals surface area (Å²) in [6.45, 7) is 11.1. The number of carboxylic acids is 1. The van der Waals surface area contributed by atoms with E-state index in [2.05, 4.69) is 16.5 Å². The van der Waals surface area contributed by atoms with Crippen LogP contribution in [0.25, 0.3) is 32.9 Å². The summed E-state index contributed by atoms with van der Waals surface area (Å²) >= 11 is 13.5. The van der Waals surface area contributed by atoms with Gasteiger partial charge in [0.25, 0.3) is 5.91 Å². The molecule has 1 atom stereocenters. The van der Waals surface area contributed by atoms with Gasteiger partial charge in [-0.2, -0.15) is 5.10 Å². The number of aromatic carboxylic acids is 1. The Morgan fingerprint density at radius 3 is 2.41 bits per heavy atom. The zero-order valence-electron chi connectivity index (χ0n) is 32.2. The average molecular weight is 790 g/mol. The molecule has 0 saturated heterocycles.